The summed E-state index contributed by atoms with van der Waals surface area (Å²) in [5.41, 5.74) is 9.62. The van der Waals surface area contributed by atoms with Gasteiger partial charge in [-0.1, -0.05) is 61.9 Å². The number of H-pyrrole nitrogens is 1. The summed E-state index contributed by atoms with van der Waals surface area (Å²) in [6.07, 6.45) is 6.21. The summed E-state index contributed by atoms with van der Waals surface area (Å²) in [7, 11) is 0. The lowest BCUT2D eigenvalue weighted by atomic mass is 9.90. The Hall–Kier alpha value is -3.61. The van der Waals surface area contributed by atoms with Crippen LogP contribution in [0.25, 0.3) is 0 Å². The predicted octanol–water partition coefficient (Wildman–Crippen LogP) is 3.57. The number of anilines is 2. The average Bonchev–Trinajstić information content (AvgIpc) is 2.83. The van der Waals surface area contributed by atoms with Gasteiger partial charge in [0, 0.05) is 6.54 Å². The van der Waals surface area contributed by atoms with E-state index in [0.29, 0.717) is 6.54 Å². The first-order valence-corrected chi connectivity index (χ1v) is 12.1. The van der Waals surface area contributed by atoms with Gasteiger partial charge in [0.15, 0.2) is 5.69 Å². The van der Waals surface area contributed by atoms with E-state index >= 15 is 0 Å². The lowest BCUT2D eigenvalue weighted by molar-refractivity contribution is -0.118. The second kappa shape index (κ2) is 10.5. The first-order valence-electron chi connectivity index (χ1n) is 12.1. The van der Waals surface area contributed by atoms with Crippen LogP contribution >= 0.6 is 0 Å². The van der Waals surface area contributed by atoms with Crippen molar-refractivity contribution in [1.29, 1.82) is 0 Å². The van der Waals surface area contributed by atoms with E-state index in [1.165, 1.54) is 27.0 Å². The fraction of sp³-hybridized carbons (Fsp3) is 0.370. The number of carbonyl (C=O) groups excluding carboxylic acids is 1. The highest BCUT2D eigenvalue weighted by Crippen LogP contribution is 2.24. The molecule has 0 atom stereocenters. The number of nitrogens with zero attached hydrogens (tertiary/aromatic N) is 2. The number of unbranched alkanes of at least 4 members (excludes halogenated alkanes) is 1. The standard InChI is InChI=1S/C27H32N4O3/c1-2-3-15-30-25(28)24(26(33)29-27(30)34)31(18-19-9-5-4-6-10-19)23(32)17-20-13-14-21-11-7-8-12-22(21)16-20/h4-6,9-10,13-14,16H,2-3,7-8,11-12,15,17-18,28H2,1H3,(H,29,33,34). The molecule has 1 amide bonds. The Bertz CT molecular complexity index is 1280. The normalized spacial score (nSPS) is 12.9. The molecule has 1 aliphatic rings. The van der Waals surface area contributed by atoms with Crippen molar-refractivity contribution in [3.63, 3.8) is 0 Å². The molecule has 1 aromatic heterocycles. The number of hydrogen-bond donors (Lipinski definition) is 2. The van der Waals surface area contributed by atoms with Gasteiger partial charge >= 0.3 is 5.69 Å². The minimum Gasteiger partial charge on any atom is -0.383 e. The van der Waals surface area contributed by atoms with Crippen LogP contribution < -0.4 is 21.9 Å². The number of benzene rings is 2. The van der Waals surface area contributed by atoms with Gasteiger partial charge in [0.05, 0.1) is 13.0 Å². The van der Waals surface area contributed by atoms with Gasteiger partial charge in [-0.15, -0.1) is 0 Å². The van der Waals surface area contributed by atoms with E-state index in [-0.39, 0.29) is 30.4 Å². The molecule has 3 aromatic rings. The lowest BCUT2D eigenvalue weighted by Crippen LogP contribution is -2.41. The molecule has 0 fully saturated rings. The maximum absolute atomic E-state index is 13.6. The summed E-state index contributed by atoms with van der Waals surface area (Å²) in [5.74, 6) is -0.213. The predicted molar refractivity (Wildman–Crippen MR) is 135 cm³/mol. The zero-order chi connectivity index (χ0) is 24.1. The molecule has 4 rings (SSSR count). The van der Waals surface area contributed by atoms with E-state index in [2.05, 4.69) is 17.1 Å². The van der Waals surface area contributed by atoms with E-state index < -0.39 is 11.2 Å². The number of nitrogens with two attached hydrogens (primary N) is 1. The van der Waals surface area contributed by atoms with Crippen LogP contribution in [-0.2, 0) is 37.1 Å². The molecule has 3 N–H and O–H groups in total. The topological polar surface area (TPSA) is 101 Å². The van der Waals surface area contributed by atoms with Gasteiger partial charge in [-0.25, -0.2) is 4.79 Å². The fourth-order valence-corrected chi connectivity index (χ4v) is 4.60. The quantitative estimate of drug-likeness (QED) is 0.537. The summed E-state index contributed by atoms with van der Waals surface area (Å²) in [4.78, 5) is 42.8. The van der Waals surface area contributed by atoms with Crippen LogP contribution in [0.1, 0.15) is 54.9 Å². The lowest BCUT2D eigenvalue weighted by Gasteiger charge is -2.25. The maximum Gasteiger partial charge on any atom is 0.330 e. The minimum atomic E-state index is -0.648. The van der Waals surface area contributed by atoms with E-state index in [9.17, 15) is 14.4 Å². The van der Waals surface area contributed by atoms with Crippen LogP contribution in [0.5, 0.6) is 0 Å². The van der Waals surface area contributed by atoms with Crippen molar-refractivity contribution in [2.75, 3.05) is 10.6 Å². The first kappa shape index (κ1) is 23.5. The van der Waals surface area contributed by atoms with Gasteiger partial charge in [-0.05, 0) is 54.4 Å². The number of nitrogens with one attached hydrogen (secondary N) is 1. The summed E-state index contributed by atoms with van der Waals surface area (Å²) >= 11 is 0. The van der Waals surface area contributed by atoms with E-state index in [1.807, 2.05) is 43.3 Å². The molecule has 7 nitrogen and oxygen atoms in total. The van der Waals surface area contributed by atoms with Crippen molar-refractivity contribution in [2.24, 2.45) is 0 Å². The highest BCUT2D eigenvalue weighted by atomic mass is 16.2. The Balaban J connectivity index is 1.72. The number of carbonyl (C=O) groups is 1. The molecule has 0 aliphatic heterocycles. The number of amides is 1. The first-order chi connectivity index (χ1) is 16.5. The minimum absolute atomic E-state index is 0.0249. The second-order valence-corrected chi connectivity index (χ2v) is 8.95. The molecular formula is C27H32N4O3. The van der Waals surface area contributed by atoms with E-state index in [0.717, 1.165) is 43.2 Å². The van der Waals surface area contributed by atoms with E-state index in [1.54, 1.807) is 0 Å². The molecule has 0 unspecified atom stereocenters. The number of hydrogen-bond acceptors (Lipinski definition) is 4. The highest BCUT2D eigenvalue weighted by molar-refractivity contribution is 5.96. The smallest absolute Gasteiger partial charge is 0.330 e. The highest BCUT2D eigenvalue weighted by Gasteiger charge is 2.25. The number of aromatic amines is 1. The molecule has 0 saturated carbocycles. The monoisotopic (exact) mass is 460 g/mol. The van der Waals surface area contributed by atoms with Crippen molar-refractivity contribution < 1.29 is 4.79 Å². The van der Waals surface area contributed by atoms with Crippen molar-refractivity contribution in [1.82, 2.24) is 9.55 Å². The van der Waals surface area contributed by atoms with Crippen LogP contribution in [0.4, 0.5) is 11.5 Å². The molecule has 0 spiro atoms. The van der Waals surface area contributed by atoms with Crippen LogP contribution in [0.15, 0.2) is 58.1 Å². The molecule has 1 aliphatic carbocycles. The molecular weight excluding hydrogens is 428 g/mol. The summed E-state index contributed by atoms with van der Waals surface area (Å²) in [6.45, 7) is 2.57. The largest absolute Gasteiger partial charge is 0.383 e. The fourth-order valence-electron chi connectivity index (χ4n) is 4.60. The zero-order valence-corrected chi connectivity index (χ0v) is 19.7. The SMILES string of the molecule is CCCCn1c(N)c(N(Cc2ccccc2)C(=O)Cc2ccc3c(c2)CCCC3)c(=O)[nH]c1=O. The van der Waals surface area contributed by atoms with Crippen LogP contribution in [-0.4, -0.2) is 15.5 Å². The van der Waals surface area contributed by atoms with Gasteiger partial charge in [0.2, 0.25) is 5.91 Å². The summed E-state index contributed by atoms with van der Waals surface area (Å²) in [6, 6.07) is 15.7. The van der Waals surface area contributed by atoms with Gasteiger partial charge in [-0.2, -0.15) is 0 Å². The van der Waals surface area contributed by atoms with Gasteiger partial charge in [-0.3, -0.25) is 24.0 Å². The Labute approximate surface area is 199 Å². The number of nitrogen functional groups attached to an aromatic ring is 1. The zero-order valence-electron chi connectivity index (χ0n) is 19.7. The molecule has 178 valence electrons. The summed E-state index contributed by atoms with van der Waals surface area (Å²) in [5, 5.41) is 0. The van der Waals surface area contributed by atoms with E-state index in [4.69, 9.17) is 5.73 Å². The molecule has 0 saturated heterocycles. The molecule has 0 bridgehead atoms. The number of rotatable bonds is 8. The molecule has 0 radical (unpaired) electrons. The number of fused-ring (bicyclic) bond motifs is 1. The van der Waals surface area contributed by atoms with Crippen molar-refractivity contribution in [2.45, 2.75) is 65.0 Å². The third-order valence-corrected chi connectivity index (χ3v) is 6.47. The van der Waals surface area contributed by atoms with Gasteiger partial charge in [0.1, 0.15) is 5.82 Å². The Morgan fingerprint density at radius 1 is 1.03 bits per heavy atom. The van der Waals surface area contributed by atoms with Crippen LogP contribution in [0, 0.1) is 0 Å². The second-order valence-electron chi connectivity index (χ2n) is 8.95. The molecule has 34 heavy (non-hydrogen) atoms. The summed E-state index contributed by atoms with van der Waals surface area (Å²) < 4.78 is 1.35. The number of aryl methyl sites for hydroxylation is 2. The van der Waals surface area contributed by atoms with Crippen molar-refractivity contribution in [3.8, 4) is 0 Å². The Morgan fingerprint density at radius 3 is 2.50 bits per heavy atom. The van der Waals surface area contributed by atoms with Gasteiger partial charge < -0.3 is 5.73 Å². The maximum atomic E-state index is 13.6. The molecule has 7 heteroatoms. The molecule has 1 heterocycles. The van der Waals surface area contributed by atoms with Gasteiger partial charge in [0.25, 0.3) is 5.56 Å². The third-order valence-electron chi connectivity index (χ3n) is 6.47. The third kappa shape index (κ3) is 5.14. The van der Waals surface area contributed by atoms with Crippen molar-refractivity contribution in [3.05, 3.63) is 91.6 Å². The van der Waals surface area contributed by atoms with Crippen LogP contribution in [0.2, 0.25) is 0 Å². The molecule has 2 aromatic carbocycles. The average molecular weight is 461 g/mol. The van der Waals surface area contributed by atoms with Crippen molar-refractivity contribution >= 4 is 17.4 Å². The number of aromatic nitrogens is 2. The Morgan fingerprint density at radius 2 is 1.76 bits per heavy atom. The Kier molecular flexibility index (Phi) is 7.30. The van der Waals surface area contributed by atoms with Crippen LogP contribution in [0.3, 0.4) is 0 Å².